The molecule has 0 aliphatic heterocycles. The predicted octanol–water partition coefficient (Wildman–Crippen LogP) is 13.8. The molecule has 0 amide bonds. The highest BCUT2D eigenvalue weighted by Crippen LogP contribution is 2.66. The minimum atomic E-state index is -5.47. The molecule has 0 aliphatic carbocycles. The molecule has 17 heteroatoms. The molecule has 0 aromatic heterocycles. The van der Waals surface area contributed by atoms with Gasteiger partial charge in [-0.15, -0.1) is 0 Å². The van der Waals surface area contributed by atoms with Crippen LogP contribution in [0, 0.1) is 20.8 Å². The molecule has 3 rings (SSSR count). The first kappa shape index (κ1) is 60.6. The summed E-state index contributed by atoms with van der Waals surface area (Å²) in [6, 6.07) is 10.8. The highest BCUT2D eigenvalue weighted by molar-refractivity contribution is 7.61. The molecular weight excluding hydrogens is 917 g/mol. The first-order valence-electron chi connectivity index (χ1n) is 24.4. The topological polar surface area (TPSA) is 241 Å². The molecular formula is C50H83O14P3. The van der Waals surface area contributed by atoms with Gasteiger partial charge in [-0.25, -0.2) is 13.7 Å². The summed E-state index contributed by atoms with van der Waals surface area (Å²) in [5.41, 5.74) is 4.32. The maximum Gasteiger partial charge on any atom is 0.484 e. The fourth-order valence-electron chi connectivity index (χ4n) is 8.71. The van der Waals surface area contributed by atoms with Gasteiger partial charge in [-0.2, -0.15) is 4.31 Å². The summed E-state index contributed by atoms with van der Waals surface area (Å²) < 4.78 is 55.0. The molecule has 3 aromatic rings. The van der Waals surface area contributed by atoms with Gasteiger partial charge in [0.15, 0.2) is 0 Å². The summed E-state index contributed by atoms with van der Waals surface area (Å²) in [5, 5.41) is 33.6. The number of hydrogen-bond donors (Lipinski definition) is 8. The van der Waals surface area contributed by atoms with E-state index in [0.717, 1.165) is 80.9 Å². The van der Waals surface area contributed by atoms with Gasteiger partial charge in [0.2, 0.25) is 0 Å². The Morgan fingerprint density at radius 3 is 1.27 bits per heavy atom. The number of aromatic hydroxyl groups is 3. The van der Waals surface area contributed by atoms with Crippen LogP contribution in [-0.4, -0.2) is 46.4 Å². The molecule has 0 fully saturated rings. The molecule has 0 saturated heterocycles. The van der Waals surface area contributed by atoms with Crippen molar-refractivity contribution in [3.05, 3.63) is 86.5 Å². The predicted molar refractivity (Wildman–Crippen MR) is 267 cm³/mol. The van der Waals surface area contributed by atoms with E-state index < -0.39 is 29.1 Å². The van der Waals surface area contributed by atoms with E-state index in [2.05, 4.69) is 27.7 Å². The van der Waals surface area contributed by atoms with Gasteiger partial charge in [0.1, 0.15) is 22.8 Å². The zero-order valence-corrected chi connectivity index (χ0v) is 44.1. The second-order valence-electron chi connectivity index (χ2n) is 18.2. The van der Waals surface area contributed by atoms with Crippen LogP contribution >= 0.6 is 23.5 Å². The van der Waals surface area contributed by atoms with Crippen molar-refractivity contribution in [3.63, 3.8) is 0 Å². The highest BCUT2D eigenvalue weighted by atomic mass is 31.3. The second kappa shape index (κ2) is 29.6. The summed E-state index contributed by atoms with van der Waals surface area (Å²) in [6.45, 7) is 15.9. The molecule has 0 saturated carbocycles. The average molecular weight is 1000 g/mol. The van der Waals surface area contributed by atoms with E-state index >= 15 is 4.57 Å². The molecule has 0 radical (unpaired) electrons. The van der Waals surface area contributed by atoms with Gasteiger partial charge in [-0.05, 0) is 158 Å². The summed E-state index contributed by atoms with van der Waals surface area (Å²) in [7, 11) is -15.2. The van der Waals surface area contributed by atoms with E-state index in [1.165, 1.54) is 38.5 Å². The SMILES string of the molecule is CCCCCCCCCCCCCOP(=O)(OC(CC(C)c1cc(CCCC)c(O)cc1C)(c1cc(CCCC)c(O)cc1C)c1cc(CCCC)c(O)cc1C)OP(=O)(O)O.O=P(O)(O)O. The lowest BCUT2D eigenvalue weighted by atomic mass is 9.73. The van der Waals surface area contributed by atoms with Gasteiger partial charge >= 0.3 is 23.5 Å². The van der Waals surface area contributed by atoms with E-state index in [0.29, 0.717) is 59.1 Å². The fraction of sp³-hybridized carbons (Fsp3) is 0.640. The maximum atomic E-state index is 15.3. The van der Waals surface area contributed by atoms with Crippen LogP contribution in [0.5, 0.6) is 17.2 Å². The molecule has 67 heavy (non-hydrogen) atoms. The standard InChI is InChI=1S/C50H80O10P2.H3O4P/c1-9-13-17-18-19-20-21-22-23-24-25-29-58-62(57,60-61(54,55)56)59-50(45-34-42(27-15-11-3)48(52)31-38(45)6,46-35-43(28-16-12-4)49(53)32-39(46)7)36-40(8)44-33-41(26-14-10-2)47(51)30-37(44)5;1-5(2,3)4/h30-35,40,51-53H,9-29,36H2,1-8H3,(H2,54,55,56);(H3,1,2,3,4). The fourth-order valence-corrected chi connectivity index (χ4v) is 11.1. The molecule has 0 spiro atoms. The first-order valence-corrected chi connectivity index (χ1v) is 29.0. The zero-order chi connectivity index (χ0) is 50.4. The van der Waals surface area contributed by atoms with Crippen LogP contribution in [0.15, 0.2) is 36.4 Å². The number of aryl methyl sites for hydroxylation is 6. The van der Waals surface area contributed by atoms with Crippen molar-refractivity contribution in [3.8, 4) is 17.2 Å². The van der Waals surface area contributed by atoms with Crippen molar-refractivity contribution < 1.29 is 66.8 Å². The Morgan fingerprint density at radius 1 is 0.522 bits per heavy atom. The van der Waals surface area contributed by atoms with Gasteiger partial charge in [0.05, 0.1) is 6.61 Å². The number of unbranched alkanes of at least 4 members (excludes halogenated alkanes) is 13. The normalized spacial score (nSPS) is 13.6. The van der Waals surface area contributed by atoms with Crippen LogP contribution in [0.2, 0.25) is 0 Å². The Morgan fingerprint density at radius 2 is 0.881 bits per heavy atom. The van der Waals surface area contributed by atoms with E-state index in [-0.39, 0.29) is 36.2 Å². The number of phosphoric ester groups is 1. The summed E-state index contributed by atoms with van der Waals surface area (Å²) >= 11 is 0. The molecule has 2 atom stereocenters. The minimum Gasteiger partial charge on any atom is -0.508 e. The van der Waals surface area contributed by atoms with Crippen molar-refractivity contribution in [2.75, 3.05) is 6.61 Å². The number of hydrogen-bond acceptors (Lipinski definition) is 9. The van der Waals surface area contributed by atoms with Crippen LogP contribution in [0.3, 0.4) is 0 Å². The van der Waals surface area contributed by atoms with Crippen LogP contribution in [-0.2, 0) is 51.9 Å². The van der Waals surface area contributed by atoms with Crippen molar-refractivity contribution in [2.24, 2.45) is 0 Å². The maximum absolute atomic E-state index is 15.3. The smallest absolute Gasteiger partial charge is 0.484 e. The van der Waals surface area contributed by atoms with E-state index in [1.807, 2.05) is 45.9 Å². The third-order valence-electron chi connectivity index (χ3n) is 12.2. The Balaban J connectivity index is 0.00000292. The summed E-state index contributed by atoms with van der Waals surface area (Å²) in [5.74, 6) is 0.0514. The van der Waals surface area contributed by atoms with Gasteiger partial charge in [0, 0.05) is 0 Å². The van der Waals surface area contributed by atoms with Crippen molar-refractivity contribution in [1.82, 2.24) is 0 Å². The molecule has 0 heterocycles. The largest absolute Gasteiger partial charge is 0.508 e. The quantitative estimate of drug-likeness (QED) is 0.0221. The van der Waals surface area contributed by atoms with Crippen LogP contribution in [0.4, 0.5) is 0 Å². The zero-order valence-electron chi connectivity index (χ0n) is 41.5. The Labute approximate surface area is 401 Å². The second-order valence-corrected chi connectivity index (χ2v) is 22.2. The van der Waals surface area contributed by atoms with E-state index in [9.17, 15) is 29.7 Å². The number of phosphoric acid groups is 3. The third-order valence-corrected chi connectivity index (χ3v) is 14.9. The first-order chi connectivity index (χ1) is 31.4. The monoisotopic (exact) mass is 1000 g/mol. The Hall–Kier alpha value is -2.57. The van der Waals surface area contributed by atoms with Crippen LogP contribution in [0.1, 0.15) is 206 Å². The molecule has 8 N–H and O–H groups in total. The molecule has 0 aliphatic rings. The van der Waals surface area contributed by atoms with Gasteiger partial charge in [-0.1, -0.05) is 124 Å². The summed E-state index contributed by atoms with van der Waals surface area (Å²) in [6.07, 6.45) is 18.9. The van der Waals surface area contributed by atoms with Gasteiger partial charge in [0.25, 0.3) is 0 Å². The Bertz CT molecular complexity index is 2020. The van der Waals surface area contributed by atoms with Crippen molar-refractivity contribution >= 4 is 23.5 Å². The molecule has 3 aromatic carbocycles. The van der Waals surface area contributed by atoms with Crippen LogP contribution < -0.4 is 0 Å². The van der Waals surface area contributed by atoms with Crippen LogP contribution in [0.25, 0.3) is 0 Å². The lowest BCUT2D eigenvalue weighted by Gasteiger charge is -2.41. The highest BCUT2D eigenvalue weighted by Gasteiger charge is 2.50. The number of phenols is 3. The lowest BCUT2D eigenvalue weighted by Crippen LogP contribution is -2.35. The average Bonchev–Trinajstić information content (AvgIpc) is 3.21. The number of rotatable bonds is 31. The molecule has 2 unspecified atom stereocenters. The van der Waals surface area contributed by atoms with E-state index in [1.54, 1.807) is 18.2 Å². The number of phenolic OH excluding ortho intramolecular Hbond substituents is 3. The van der Waals surface area contributed by atoms with E-state index in [4.69, 9.17) is 32.6 Å². The molecule has 14 nitrogen and oxygen atoms in total. The Kier molecular flexibility index (Phi) is 26.7. The van der Waals surface area contributed by atoms with Gasteiger partial charge in [-0.3, -0.25) is 9.05 Å². The minimum absolute atomic E-state index is 0.0831. The van der Waals surface area contributed by atoms with Crippen molar-refractivity contribution in [1.29, 1.82) is 0 Å². The van der Waals surface area contributed by atoms with Crippen molar-refractivity contribution in [2.45, 2.75) is 202 Å². The number of benzene rings is 3. The third kappa shape index (κ3) is 21.5. The molecule has 382 valence electrons. The molecule has 0 bridgehead atoms. The van der Waals surface area contributed by atoms with Gasteiger partial charge < -0.3 is 39.8 Å². The lowest BCUT2D eigenvalue weighted by molar-refractivity contribution is 0.0354. The summed E-state index contributed by atoms with van der Waals surface area (Å²) in [4.78, 5) is 42.2.